The molecule has 2 aromatic carbocycles. The molecule has 1 aromatic heterocycles. The highest BCUT2D eigenvalue weighted by Gasteiger charge is 2.35. The summed E-state index contributed by atoms with van der Waals surface area (Å²) in [5.74, 6) is 1.19. The fourth-order valence-electron chi connectivity index (χ4n) is 3.41. The molecule has 0 spiro atoms. The maximum Gasteiger partial charge on any atom is 0.275 e. The average molecular weight is 345 g/mol. The molecule has 0 bridgehead atoms. The van der Waals surface area contributed by atoms with Gasteiger partial charge in [0.1, 0.15) is 0 Å². The molecule has 0 aliphatic carbocycles. The monoisotopic (exact) mass is 345 g/mol. The number of carbonyl (C=O) groups excluding carboxylic acids is 1. The number of hydrogen-bond donors (Lipinski definition) is 0. The number of fused-ring (bicyclic) bond motifs is 4. The molecule has 0 saturated heterocycles. The van der Waals surface area contributed by atoms with E-state index >= 15 is 0 Å². The maximum atomic E-state index is 12.9. The second-order valence-corrected chi connectivity index (χ2v) is 7.36. The summed E-state index contributed by atoms with van der Waals surface area (Å²) < 4.78 is 0. The minimum Gasteiger partial charge on any atom is -0.267 e. The lowest BCUT2D eigenvalue weighted by molar-refractivity contribution is 0.0769. The molecule has 3 aromatic rings. The molecule has 5 rings (SSSR count). The first-order valence-electron chi connectivity index (χ1n) is 8.27. The van der Waals surface area contributed by atoms with Crippen LogP contribution in [-0.2, 0) is 0 Å². The van der Waals surface area contributed by atoms with Crippen molar-refractivity contribution in [3.05, 3.63) is 71.9 Å². The van der Waals surface area contributed by atoms with E-state index in [4.69, 9.17) is 0 Å². The van der Waals surface area contributed by atoms with Gasteiger partial charge in [0.25, 0.3) is 5.91 Å². The van der Waals surface area contributed by atoms with Crippen molar-refractivity contribution in [2.45, 2.75) is 4.90 Å². The van der Waals surface area contributed by atoms with Crippen LogP contribution in [0.5, 0.6) is 0 Å². The summed E-state index contributed by atoms with van der Waals surface area (Å²) in [5.41, 5.74) is 3.68. The third kappa shape index (κ3) is 2.43. The molecule has 3 heterocycles. The molecule has 2 aliphatic heterocycles. The molecule has 0 radical (unpaired) electrons. The number of aromatic nitrogens is 1. The summed E-state index contributed by atoms with van der Waals surface area (Å²) in [7, 11) is 0. The number of para-hydroxylation sites is 1. The molecule has 122 valence electrons. The van der Waals surface area contributed by atoms with E-state index in [1.165, 1.54) is 4.90 Å². The Morgan fingerprint density at radius 3 is 2.92 bits per heavy atom. The Bertz CT molecular complexity index is 1030. The number of hydrazone groups is 1. The molecule has 0 N–H and O–H groups in total. The second-order valence-electron chi connectivity index (χ2n) is 6.29. The summed E-state index contributed by atoms with van der Waals surface area (Å²) in [6.45, 7) is 0.641. The first-order valence-corrected chi connectivity index (χ1v) is 9.25. The van der Waals surface area contributed by atoms with Crippen LogP contribution in [0.25, 0.3) is 10.9 Å². The maximum absolute atomic E-state index is 12.9. The van der Waals surface area contributed by atoms with E-state index in [1.54, 1.807) is 11.2 Å². The van der Waals surface area contributed by atoms with Crippen molar-refractivity contribution in [1.82, 2.24) is 9.99 Å². The first kappa shape index (κ1) is 14.7. The Labute approximate surface area is 149 Å². The third-order valence-electron chi connectivity index (χ3n) is 4.68. The van der Waals surface area contributed by atoms with Crippen molar-refractivity contribution in [3.63, 3.8) is 0 Å². The molecular formula is C20H15N3OS. The van der Waals surface area contributed by atoms with Crippen molar-refractivity contribution in [2.24, 2.45) is 11.0 Å². The Morgan fingerprint density at radius 1 is 1.12 bits per heavy atom. The third-order valence-corrected chi connectivity index (χ3v) is 5.92. The van der Waals surface area contributed by atoms with E-state index in [0.717, 1.165) is 27.9 Å². The van der Waals surface area contributed by atoms with E-state index in [0.29, 0.717) is 18.0 Å². The average Bonchev–Trinajstić information content (AvgIpc) is 3.12. The molecule has 1 amide bonds. The molecule has 0 saturated carbocycles. The van der Waals surface area contributed by atoms with Crippen LogP contribution in [0.3, 0.4) is 0 Å². The van der Waals surface area contributed by atoms with Crippen LogP contribution in [0.4, 0.5) is 0 Å². The van der Waals surface area contributed by atoms with Gasteiger partial charge >= 0.3 is 0 Å². The SMILES string of the molecule is O=C(c1cnc2ccccc2c1)N1CC2CSc3ccccc3C2=N1. The van der Waals surface area contributed by atoms with Gasteiger partial charge in [0, 0.05) is 33.7 Å². The molecule has 1 atom stereocenters. The number of benzene rings is 2. The summed E-state index contributed by atoms with van der Waals surface area (Å²) in [6.07, 6.45) is 1.65. The van der Waals surface area contributed by atoms with Crippen LogP contribution in [-0.4, -0.2) is 33.9 Å². The van der Waals surface area contributed by atoms with Gasteiger partial charge in [0.05, 0.1) is 23.3 Å². The summed E-state index contributed by atoms with van der Waals surface area (Å²) >= 11 is 1.85. The van der Waals surface area contributed by atoms with E-state index < -0.39 is 0 Å². The Balaban J connectivity index is 1.50. The predicted molar refractivity (Wildman–Crippen MR) is 100.0 cm³/mol. The van der Waals surface area contributed by atoms with Crippen LogP contribution < -0.4 is 0 Å². The van der Waals surface area contributed by atoms with Crippen LogP contribution >= 0.6 is 11.8 Å². The number of amides is 1. The zero-order valence-corrected chi connectivity index (χ0v) is 14.2. The molecule has 2 aliphatic rings. The zero-order valence-electron chi connectivity index (χ0n) is 13.4. The van der Waals surface area contributed by atoms with Crippen molar-refractivity contribution >= 4 is 34.3 Å². The highest BCUT2D eigenvalue weighted by Crippen LogP contribution is 2.36. The zero-order chi connectivity index (χ0) is 16.8. The minimum absolute atomic E-state index is 0.0809. The van der Waals surface area contributed by atoms with Crippen LogP contribution in [0.1, 0.15) is 15.9 Å². The lowest BCUT2D eigenvalue weighted by Crippen LogP contribution is -2.28. The second kappa shape index (κ2) is 5.70. The number of carbonyl (C=O) groups is 1. The highest BCUT2D eigenvalue weighted by molar-refractivity contribution is 7.99. The molecular weight excluding hydrogens is 330 g/mol. The largest absolute Gasteiger partial charge is 0.275 e. The van der Waals surface area contributed by atoms with Gasteiger partial charge in [-0.1, -0.05) is 36.4 Å². The molecule has 1 unspecified atom stereocenters. The van der Waals surface area contributed by atoms with Gasteiger partial charge in [-0.15, -0.1) is 11.8 Å². The first-order chi connectivity index (χ1) is 12.3. The normalized spacial score (nSPS) is 18.6. The number of rotatable bonds is 1. The molecule has 0 fully saturated rings. The van der Waals surface area contributed by atoms with Gasteiger partial charge in [-0.05, 0) is 18.2 Å². The van der Waals surface area contributed by atoms with Crippen LogP contribution in [0.2, 0.25) is 0 Å². The number of hydrogen-bond acceptors (Lipinski definition) is 4. The lowest BCUT2D eigenvalue weighted by Gasteiger charge is -2.20. The quantitative estimate of drug-likeness (QED) is 0.673. The fraction of sp³-hybridized carbons (Fsp3) is 0.150. The summed E-state index contributed by atoms with van der Waals surface area (Å²) in [5, 5.41) is 7.24. The van der Waals surface area contributed by atoms with Gasteiger partial charge in [0.15, 0.2) is 0 Å². The molecule has 25 heavy (non-hydrogen) atoms. The summed E-state index contributed by atoms with van der Waals surface area (Å²) in [6, 6.07) is 18.0. The highest BCUT2D eigenvalue weighted by atomic mass is 32.2. The van der Waals surface area contributed by atoms with Gasteiger partial charge in [0.2, 0.25) is 0 Å². The number of pyridine rings is 1. The molecule has 5 heteroatoms. The Morgan fingerprint density at radius 2 is 1.96 bits per heavy atom. The Hall–Kier alpha value is -2.66. The fourth-order valence-corrected chi connectivity index (χ4v) is 4.56. The molecule has 4 nitrogen and oxygen atoms in total. The van der Waals surface area contributed by atoms with E-state index in [-0.39, 0.29) is 5.91 Å². The minimum atomic E-state index is -0.0809. The lowest BCUT2D eigenvalue weighted by atomic mass is 9.98. The van der Waals surface area contributed by atoms with Gasteiger partial charge in [-0.2, -0.15) is 5.10 Å². The van der Waals surface area contributed by atoms with Crippen molar-refractivity contribution in [2.75, 3.05) is 12.3 Å². The van der Waals surface area contributed by atoms with Gasteiger partial charge in [-0.25, -0.2) is 5.01 Å². The van der Waals surface area contributed by atoms with E-state index in [2.05, 4.69) is 22.2 Å². The topological polar surface area (TPSA) is 45.6 Å². The van der Waals surface area contributed by atoms with Gasteiger partial charge in [-0.3, -0.25) is 9.78 Å². The number of thioether (sulfide) groups is 1. The standard InChI is InChI=1S/C20H15N3OS/c24-20(14-9-13-5-1-3-7-17(13)21-10-14)23-11-15-12-25-18-8-4-2-6-16(18)19(15)22-23/h1-10,15H,11-12H2. The smallest absolute Gasteiger partial charge is 0.267 e. The van der Waals surface area contributed by atoms with Crippen molar-refractivity contribution in [1.29, 1.82) is 0 Å². The van der Waals surface area contributed by atoms with E-state index in [1.807, 2.05) is 54.2 Å². The Kier molecular flexibility index (Phi) is 3.35. The number of nitrogens with zero attached hydrogens (tertiary/aromatic N) is 3. The van der Waals surface area contributed by atoms with Crippen molar-refractivity contribution in [3.8, 4) is 0 Å². The van der Waals surface area contributed by atoms with Crippen molar-refractivity contribution < 1.29 is 4.79 Å². The summed E-state index contributed by atoms with van der Waals surface area (Å²) in [4.78, 5) is 18.6. The van der Waals surface area contributed by atoms with Crippen LogP contribution in [0.15, 0.2) is 70.8 Å². The van der Waals surface area contributed by atoms with E-state index in [9.17, 15) is 4.79 Å². The van der Waals surface area contributed by atoms with Crippen LogP contribution in [0, 0.1) is 5.92 Å². The van der Waals surface area contributed by atoms with Gasteiger partial charge < -0.3 is 0 Å². The predicted octanol–water partition coefficient (Wildman–Crippen LogP) is 3.82.